The fourth-order valence-corrected chi connectivity index (χ4v) is 0.743. The van der Waals surface area contributed by atoms with Gasteiger partial charge in [-0.2, -0.15) is 0 Å². The maximum atomic E-state index is 2.15. The van der Waals surface area contributed by atoms with E-state index in [0.717, 1.165) is 6.54 Å². The van der Waals surface area contributed by atoms with Crippen LogP contribution in [-0.4, -0.2) is 0 Å². The van der Waals surface area contributed by atoms with Gasteiger partial charge in [0, 0.05) is 12.1 Å². The zero-order valence-electron chi connectivity index (χ0n) is 6.34. The molecule has 1 aromatic heterocycles. The van der Waals surface area contributed by atoms with Crippen molar-refractivity contribution in [1.29, 1.82) is 0 Å². The van der Waals surface area contributed by atoms with E-state index in [9.17, 15) is 0 Å². The van der Waals surface area contributed by atoms with Crippen molar-refractivity contribution in [2.75, 3.05) is 0 Å². The van der Waals surface area contributed by atoms with Gasteiger partial charge in [-0.15, -0.1) is 0 Å². The van der Waals surface area contributed by atoms with Crippen molar-refractivity contribution in [3.05, 3.63) is 30.1 Å². The molecule has 0 N–H and O–H groups in total. The van der Waals surface area contributed by atoms with E-state index in [-0.39, 0.29) is 24.0 Å². The Morgan fingerprint density at radius 1 is 1.30 bits per heavy atom. The summed E-state index contributed by atoms with van der Waals surface area (Å²) in [6, 6.07) is 4.23. The van der Waals surface area contributed by atoms with E-state index in [1.54, 1.807) is 0 Å². The summed E-state index contributed by atoms with van der Waals surface area (Å²) >= 11 is 0. The van der Waals surface area contributed by atoms with Crippen LogP contribution in [0.5, 0.6) is 0 Å². The fraction of sp³-hybridized carbons (Fsp3) is 0.375. The van der Waals surface area contributed by atoms with Crippen LogP contribution in [0.25, 0.3) is 0 Å². The number of rotatable bonds is 1. The number of halogens is 1. The molecule has 2 heteroatoms. The van der Waals surface area contributed by atoms with Crippen LogP contribution < -0.4 is 28.5 Å². The molecule has 0 spiro atoms. The van der Waals surface area contributed by atoms with E-state index >= 15 is 0 Å². The molecule has 0 saturated heterocycles. The van der Waals surface area contributed by atoms with Crippen molar-refractivity contribution in [3.63, 3.8) is 0 Å². The highest BCUT2D eigenvalue weighted by Gasteiger charge is 1.90. The third-order valence-electron chi connectivity index (χ3n) is 1.42. The van der Waals surface area contributed by atoms with E-state index in [4.69, 9.17) is 0 Å². The van der Waals surface area contributed by atoms with Crippen molar-refractivity contribution < 1.29 is 28.5 Å². The lowest BCUT2D eigenvalue weighted by molar-refractivity contribution is -0.693. The van der Waals surface area contributed by atoms with Gasteiger partial charge in [0.15, 0.2) is 12.4 Å². The molecule has 0 radical (unpaired) electrons. The number of hydrogen-bond donors (Lipinski definition) is 0. The number of aryl methyl sites for hydroxylation is 2. The third kappa shape index (κ3) is 2.64. The molecule has 1 rings (SSSR count). The largest absolute Gasteiger partial charge is 1.00 e. The second-order valence-corrected chi connectivity index (χ2v) is 2.21. The van der Waals surface area contributed by atoms with Crippen LogP contribution in [-0.2, 0) is 6.54 Å². The Morgan fingerprint density at radius 2 is 1.80 bits per heavy atom. The number of nitrogens with zero attached hydrogens (tertiary/aromatic N) is 1. The summed E-state index contributed by atoms with van der Waals surface area (Å²) in [5, 5.41) is 0. The molecule has 0 saturated carbocycles. The quantitative estimate of drug-likeness (QED) is 0.413. The summed E-state index contributed by atoms with van der Waals surface area (Å²) in [7, 11) is 0. The van der Waals surface area contributed by atoms with Crippen molar-refractivity contribution in [3.8, 4) is 0 Å². The lowest BCUT2D eigenvalue weighted by Crippen LogP contribution is -3.00. The van der Waals surface area contributed by atoms with E-state index in [0.29, 0.717) is 0 Å². The number of pyridine rings is 1. The Balaban J connectivity index is 0.000000810. The van der Waals surface area contributed by atoms with E-state index in [1.165, 1.54) is 5.56 Å². The number of hydrogen-bond acceptors (Lipinski definition) is 0. The van der Waals surface area contributed by atoms with E-state index < -0.39 is 0 Å². The first kappa shape index (κ1) is 9.88. The van der Waals surface area contributed by atoms with Crippen LogP contribution in [0.15, 0.2) is 24.5 Å². The third-order valence-corrected chi connectivity index (χ3v) is 1.42. The molecule has 56 valence electrons. The monoisotopic (exact) mass is 249 g/mol. The maximum absolute atomic E-state index is 2.15. The second kappa shape index (κ2) is 4.66. The van der Waals surface area contributed by atoms with Crippen LogP contribution in [0.1, 0.15) is 12.5 Å². The van der Waals surface area contributed by atoms with Gasteiger partial charge in [-0.3, -0.25) is 0 Å². The molecule has 0 atom stereocenters. The van der Waals surface area contributed by atoms with Crippen LogP contribution in [0.4, 0.5) is 0 Å². The Morgan fingerprint density at radius 3 is 2.20 bits per heavy atom. The normalized spacial score (nSPS) is 8.60. The molecule has 0 aliphatic heterocycles. The topological polar surface area (TPSA) is 3.88 Å². The Hall–Kier alpha value is -0.120. The van der Waals surface area contributed by atoms with Crippen molar-refractivity contribution in [2.45, 2.75) is 20.4 Å². The first-order chi connectivity index (χ1) is 4.33. The minimum atomic E-state index is 0. The smallest absolute Gasteiger partial charge is 0.169 e. The van der Waals surface area contributed by atoms with Gasteiger partial charge in [0.25, 0.3) is 0 Å². The lowest BCUT2D eigenvalue weighted by Gasteiger charge is -1.89. The first-order valence-corrected chi connectivity index (χ1v) is 3.28. The molecule has 0 aromatic carbocycles. The zero-order chi connectivity index (χ0) is 6.69. The second-order valence-electron chi connectivity index (χ2n) is 2.21. The summed E-state index contributed by atoms with van der Waals surface area (Å²) in [6.07, 6.45) is 4.19. The average molecular weight is 249 g/mol. The van der Waals surface area contributed by atoms with Crippen LogP contribution in [0.3, 0.4) is 0 Å². The highest BCUT2D eigenvalue weighted by Crippen LogP contribution is 1.88. The summed E-state index contributed by atoms with van der Waals surface area (Å²) < 4.78 is 2.15. The van der Waals surface area contributed by atoms with Crippen molar-refractivity contribution in [1.82, 2.24) is 0 Å². The number of aromatic nitrogens is 1. The first-order valence-electron chi connectivity index (χ1n) is 3.28. The van der Waals surface area contributed by atoms with Gasteiger partial charge in [0.1, 0.15) is 6.54 Å². The van der Waals surface area contributed by atoms with Crippen LogP contribution in [0.2, 0.25) is 0 Å². The van der Waals surface area contributed by atoms with Crippen LogP contribution >= 0.6 is 0 Å². The summed E-state index contributed by atoms with van der Waals surface area (Å²) in [5.74, 6) is 0. The van der Waals surface area contributed by atoms with Crippen LogP contribution in [0, 0.1) is 6.92 Å². The molecule has 0 fully saturated rings. The summed E-state index contributed by atoms with van der Waals surface area (Å²) in [4.78, 5) is 0. The fourth-order valence-electron chi connectivity index (χ4n) is 0.743. The Kier molecular flexibility index (Phi) is 4.60. The molecule has 0 aliphatic carbocycles. The van der Waals surface area contributed by atoms with E-state index in [2.05, 4.69) is 42.9 Å². The zero-order valence-corrected chi connectivity index (χ0v) is 8.50. The average Bonchev–Trinajstić information content (AvgIpc) is 1.90. The van der Waals surface area contributed by atoms with Gasteiger partial charge in [-0.05, 0) is 19.4 Å². The van der Waals surface area contributed by atoms with Crippen molar-refractivity contribution in [2.24, 2.45) is 0 Å². The molecule has 0 unspecified atom stereocenters. The molecule has 1 aromatic rings. The highest BCUT2D eigenvalue weighted by molar-refractivity contribution is 5.02. The molecule has 1 nitrogen and oxygen atoms in total. The van der Waals surface area contributed by atoms with Gasteiger partial charge in [-0.1, -0.05) is 0 Å². The van der Waals surface area contributed by atoms with E-state index in [1.807, 2.05) is 0 Å². The molecule has 0 aliphatic rings. The molecule has 1 heterocycles. The summed E-state index contributed by atoms with van der Waals surface area (Å²) in [5.41, 5.74) is 1.32. The Labute approximate surface area is 79.1 Å². The minimum Gasteiger partial charge on any atom is -1.00 e. The van der Waals surface area contributed by atoms with Gasteiger partial charge >= 0.3 is 0 Å². The SMILES string of the molecule is CC[n+]1ccc(C)cc1.[I-]. The molecule has 0 bridgehead atoms. The lowest BCUT2D eigenvalue weighted by atomic mass is 10.3. The molecular weight excluding hydrogens is 237 g/mol. The van der Waals surface area contributed by atoms with Gasteiger partial charge < -0.3 is 24.0 Å². The van der Waals surface area contributed by atoms with Gasteiger partial charge in [-0.25, -0.2) is 4.57 Å². The Bertz CT molecular complexity index is 181. The molecule has 10 heavy (non-hydrogen) atoms. The minimum absolute atomic E-state index is 0. The van der Waals surface area contributed by atoms with Gasteiger partial charge in [0.2, 0.25) is 0 Å². The predicted octanol–water partition coefficient (Wildman–Crippen LogP) is -1.69. The van der Waals surface area contributed by atoms with Crippen molar-refractivity contribution >= 4 is 0 Å². The standard InChI is InChI=1S/C8H12N.HI/c1-3-9-6-4-8(2)5-7-9;/h4-7H,3H2,1-2H3;1H/q+1;/p-1. The van der Waals surface area contributed by atoms with Gasteiger partial charge in [0.05, 0.1) is 0 Å². The highest BCUT2D eigenvalue weighted by atomic mass is 127. The molecular formula is C8H12IN. The molecule has 0 amide bonds. The predicted molar refractivity (Wildman–Crippen MR) is 37.0 cm³/mol. The summed E-state index contributed by atoms with van der Waals surface area (Å²) in [6.45, 7) is 5.29. The maximum Gasteiger partial charge on any atom is 0.169 e.